The molecule has 0 aliphatic carbocycles. The molecule has 144 valence electrons. The highest BCUT2D eigenvalue weighted by atomic mass is 35.5. The Morgan fingerprint density at radius 2 is 1.96 bits per heavy atom. The fourth-order valence-electron chi connectivity index (χ4n) is 3.50. The summed E-state index contributed by atoms with van der Waals surface area (Å²) < 4.78 is 11.1. The predicted molar refractivity (Wildman–Crippen MR) is 106 cm³/mol. The lowest BCUT2D eigenvalue weighted by molar-refractivity contribution is -0.119. The summed E-state index contributed by atoms with van der Waals surface area (Å²) in [5, 5.41) is 0.760. The number of benzene rings is 2. The van der Waals surface area contributed by atoms with Gasteiger partial charge in [0.15, 0.2) is 18.1 Å². The third kappa shape index (κ3) is 5.15. The van der Waals surface area contributed by atoms with Crippen molar-refractivity contribution < 1.29 is 14.3 Å². The number of likely N-dealkylation sites (tertiary alicyclic amines) is 1. The zero-order valence-corrected chi connectivity index (χ0v) is 16.2. The molecule has 5 nitrogen and oxygen atoms in total. The molecule has 1 amide bonds. The number of hydrogen-bond donors (Lipinski definition) is 1. The number of nitrogens with two attached hydrogens (primary N) is 1. The molecule has 2 aromatic rings. The van der Waals surface area contributed by atoms with E-state index in [2.05, 4.69) is 17.0 Å². The van der Waals surface area contributed by atoms with Crippen molar-refractivity contribution in [2.75, 3.05) is 19.8 Å². The highest BCUT2D eigenvalue weighted by Crippen LogP contribution is 2.35. The second-order valence-corrected chi connectivity index (χ2v) is 7.09. The van der Waals surface area contributed by atoms with E-state index in [1.165, 1.54) is 12.0 Å². The number of amides is 1. The maximum absolute atomic E-state index is 11.0. The van der Waals surface area contributed by atoms with Crippen molar-refractivity contribution in [2.45, 2.75) is 32.4 Å². The van der Waals surface area contributed by atoms with Crippen LogP contribution in [0.3, 0.4) is 0 Å². The van der Waals surface area contributed by atoms with Crippen molar-refractivity contribution >= 4 is 17.5 Å². The molecule has 1 saturated heterocycles. The first-order valence-corrected chi connectivity index (χ1v) is 9.61. The van der Waals surface area contributed by atoms with Crippen molar-refractivity contribution in [1.82, 2.24) is 4.90 Å². The second kappa shape index (κ2) is 9.11. The minimum Gasteiger partial charge on any atom is -0.490 e. The number of ether oxygens (including phenoxy) is 2. The number of rotatable bonds is 8. The van der Waals surface area contributed by atoms with Crippen molar-refractivity contribution in [3.05, 3.63) is 58.6 Å². The van der Waals surface area contributed by atoms with Gasteiger partial charge >= 0.3 is 0 Å². The lowest BCUT2D eigenvalue weighted by Gasteiger charge is -2.25. The molecule has 2 aromatic carbocycles. The van der Waals surface area contributed by atoms with E-state index in [4.69, 9.17) is 26.8 Å². The van der Waals surface area contributed by atoms with Crippen LogP contribution in [-0.2, 0) is 11.3 Å². The highest BCUT2D eigenvalue weighted by molar-refractivity contribution is 6.30. The molecular weight excluding hydrogens is 364 g/mol. The highest BCUT2D eigenvalue weighted by Gasteiger charge is 2.26. The molecule has 0 radical (unpaired) electrons. The van der Waals surface area contributed by atoms with Gasteiger partial charge in [0.2, 0.25) is 0 Å². The summed E-state index contributed by atoms with van der Waals surface area (Å²) in [5.41, 5.74) is 7.60. The SMILES string of the molecule is CCOc1cc(CN2CCC[C@@H]2c2ccc(Cl)cc2)ccc1OCC(N)=O. The number of hydrogen-bond acceptors (Lipinski definition) is 4. The lowest BCUT2D eigenvalue weighted by atomic mass is 10.0. The molecule has 1 heterocycles. The van der Waals surface area contributed by atoms with Crippen LogP contribution < -0.4 is 15.2 Å². The van der Waals surface area contributed by atoms with Gasteiger partial charge in [-0.15, -0.1) is 0 Å². The van der Waals surface area contributed by atoms with E-state index >= 15 is 0 Å². The van der Waals surface area contributed by atoms with Crippen LogP contribution in [-0.4, -0.2) is 30.6 Å². The van der Waals surface area contributed by atoms with Gasteiger partial charge in [0.05, 0.1) is 6.61 Å². The molecule has 1 aliphatic rings. The molecule has 0 unspecified atom stereocenters. The fourth-order valence-corrected chi connectivity index (χ4v) is 3.63. The first-order chi connectivity index (χ1) is 13.1. The monoisotopic (exact) mass is 388 g/mol. The third-order valence-corrected chi connectivity index (χ3v) is 4.93. The Morgan fingerprint density at radius 3 is 2.67 bits per heavy atom. The Balaban J connectivity index is 1.74. The van der Waals surface area contributed by atoms with Gasteiger partial charge in [-0.1, -0.05) is 29.8 Å². The minimum absolute atomic E-state index is 0.163. The molecule has 1 atom stereocenters. The summed E-state index contributed by atoms with van der Waals surface area (Å²) in [4.78, 5) is 13.4. The van der Waals surface area contributed by atoms with Gasteiger partial charge in [0.1, 0.15) is 0 Å². The molecule has 0 spiro atoms. The number of carbonyl (C=O) groups is 1. The van der Waals surface area contributed by atoms with Gasteiger partial charge in [0.25, 0.3) is 5.91 Å². The minimum atomic E-state index is -0.510. The molecule has 1 aliphatic heterocycles. The van der Waals surface area contributed by atoms with Crippen molar-refractivity contribution in [3.8, 4) is 11.5 Å². The molecule has 1 fully saturated rings. The van der Waals surface area contributed by atoms with Crippen LogP contribution in [0.5, 0.6) is 11.5 Å². The number of carbonyl (C=O) groups excluding carboxylic acids is 1. The summed E-state index contributed by atoms with van der Waals surface area (Å²) in [5.74, 6) is 0.665. The van der Waals surface area contributed by atoms with E-state index in [1.807, 2.05) is 37.3 Å². The molecule has 6 heteroatoms. The summed E-state index contributed by atoms with van der Waals surface area (Å²) in [6.07, 6.45) is 2.31. The van der Waals surface area contributed by atoms with Gasteiger partial charge < -0.3 is 15.2 Å². The van der Waals surface area contributed by atoms with Gasteiger partial charge in [-0.3, -0.25) is 9.69 Å². The van der Waals surface area contributed by atoms with Crippen molar-refractivity contribution in [3.63, 3.8) is 0 Å². The molecule has 27 heavy (non-hydrogen) atoms. The molecule has 0 saturated carbocycles. The summed E-state index contributed by atoms with van der Waals surface area (Å²) in [6, 6.07) is 14.3. The van der Waals surface area contributed by atoms with Crippen molar-refractivity contribution in [1.29, 1.82) is 0 Å². The summed E-state index contributed by atoms with van der Waals surface area (Å²) in [7, 11) is 0. The third-order valence-electron chi connectivity index (χ3n) is 4.68. The number of primary amides is 1. The smallest absolute Gasteiger partial charge is 0.255 e. The molecular formula is C21H25ClN2O3. The van der Waals surface area contributed by atoms with E-state index in [9.17, 15) is 4.79 Å². The Kier molecular flexibility index (Phi) is 6.58. The van der Waals surface area contributed by atoms with Gasteiger partial charge in [-0.2, -0.15) is 0 Å². The standard InChI is InChI=1S/C21H25ClN2O3/c1-2-26-20-12-15(5-10-19(20)27-14-21(23)25)13-24-11-3-4-18(24)16-6-8-17(22)9-7-16/h5-10,12,18H,2-4,11,13-14H2,1H3,(H2,23,25)/t18-/m1/s1. The number of nitrogens with zero attached hydrogens (tertiary/aromatic N) is 1. The van der Waals surface area contributed by atoms with Crippen LogP contribution in [0.25, 0.3) is 0 Å². The fraction of sp³-hybridized carbons (Fsp3) is 0.381. The molecule has 0 aromatic heterocycles. The Bertz CT molecular complexity index is 779. The maximum atomic E-state index is 11.0. The van der Waals surface area contributed by atoms with Gasteiger partial charge in [-0.05, 0) is 61.7 Å². The van der Waals surface area contributed by atoms with Crippen LogP contribution in [0.4, 0.5) is 0 Å². The first-order valence-electron chi connectivity index (χ1n) is 9.23. The molecule has 0 bridgehead atoms. The van der Waals surface area contributed by atoms with Crippen molar-refractivity contribution in [2.24, 2.45) is 5.73 Å². The van der Waals surface area contributed by atoms with E-state index in [1.54, 1.807) is 0 Å². The average Bonchev–Trinajstić information content (AvgIpc) is 3.10. The maximum Gasteiger partial charge on any atom is 0.255 e. The van der Waals surface area contributed by atoms with E-state index < -0.39 is 5.91 Å². The zero-order valence-electron chi connectivity index (χ0n) is 15.5. The van der Waals surface area contributed by atoms with Crippen LogP contribution in [0.2, 0.25) is 5.02 Å². The largest absolute Gasteiger partial charge is 0.490 e. The Labute approximate surface area is 165 Å². The van der Waals surface area contributed by atoms with Crippen LogP contribution in [0.1, 0.15) is 36.9 Å². The Morgan fingerprint density at radius 1 is 1.19 bits per heavy atom. The summed E-state index contributed by atoms with van der Waals surface area (Å²) in [6.45, 7) is 4.15. The normalized spacial score (nSPS) is 17.0. The van der Waals surface area contributed by atoms with Crippen LogP contribution >= 0.6 is 11.6 Å². The van der Waals surface area contributed by atoms with Gasteiger partial charge in [0, 0.05) is 17.6 Å². The average molecular weight is 389 g/mol. The van der Waals surface area contributed by atoms with E-state index in [-0.39, 0.29) is 6.61 Å². The Hall–Kier alpha value is -2.24. The predicted octanol–water partition coefficient (Wildman–Crippen LogP) is 3.94. The molecule has 3 rings (SSSR count). The lowest BCUT2D eigenvalue weighted by Crippen LogP contribution is -2.23. The van der Waals surface area contributed by atoms with E-state index in [0.29, 0.717) is 24.1 Å². The van der Waals surface area contributed by atoms with E-state index in [0.717, 1.165) is 30.1 Å². The zero-order chi connectivity index (χ0) is 19.2. The van der Waals surface area contributed by atoms with Crippen LogP contribution in [0, 0.1) is 0 Å². The second-order valence-electron chi connectivity index (χ2n) is 6.65. The van der Waals surface area contributed by atoms with Crippen LogP contribution in [0.15, 0.2) is 42.5 Å². The first kappa shape index (κ1) is 19.5. The molecule has 2 N–H and O–H groups in total. The summed E-state index contributed by atoms with van der Waals surface area (Å²) >= 11 is 6.02. The quantitative estimate of drug-likeness (QED) is 0.743. The number of halogens is 1. The van der Waals surface area contributed by atoms with Gasteiger partial charge in [-0.25, -0.2) is 0 Å². The topological polar surface area (TPSA) is 64.8 Å².